The van der Waals surface area contributed by atoms with E-state index in [9.17, 15) is 8.42 Å². The highest BCUT2D eigenvalue weighted by molar-refractivity contribution is 7.89. The van der Waals surface area contributed by atoms with Gasteiger partial charge in [-0.15, -0.1) is 0 Å². The average molecular weight is 422 g/mol. The van der Waals surface area contributed by atoms with Gasteiger partial charge in [0.05, 0.1) is 36.9 Å². The summed E-state index contributed by atoms with van der Waals surface area (Å²) < 4.78 is 27.5. The maximum absolute atomic E-state index is 12.4. The Labute approximate surface area is 171 Å². The number of sulfonamides is 1. The largest absolute Gasteiger partial charge is 0.340 e. The molecule has 1 heterocycles. The fourth-order valence-electron chi connectivity index (χ4n) is 3.02. The van der Waals surface area contributed by atoms with Gasteiger partial charge in [-0.05, 0) is 42.0 Å². The molecule has 0 amide bonds. The van der Waals surface area contributed by atoms with E-state index in [2.05, 4.69) is 9.82 Å². The summed E-state index contributed by atoms with van der Waals surface area (Å²) >= 11 is 5.94. The van der Waals surface area contributed by atoms with Crippen molar-refractivity contribution in [3.63, 3.8) is 0 Å². The summed E-state index contributed by atoms with van der Waals surface area (Å²) in [6.07, 6.45) is 1.63. The first kappa shape index (κ1) is 20.8. The van der Waals surface area contributed by atoms with Crippen molar-refractivity contribution >= 4 is 33.0 Å². The van der Waals surface area contributed by atoms with Gasteiger partial charge >= 0.3 is 0 Å². The molecule has 0 bridgehead atoms. The van der Waals surface area contributed by atoms with E-state index in [-0.39, 0.29) is 4.90 Å². The van der Waals surface area contributed by atoms with Gasteiger partial charge in [0, 0.05) is 31.0 Å². The maximum Gasteiger partial charge on any atom is 0.240 e. The molecule has 0 spiro atoms. The highest BCUT2D eigenvalue weighted by Gasteiger charge is 2.19. The fourth-order valence-corrected chi connectivity index (χ4v) is 4.22. The molecule has 0 radical (unpaired) electrons. The van der Waals surface area contributed by atoms with Crippen molar-refractivity contribution in [2.24, 2.45) is 5.10 Å². The van der Waals surface area contributed by atoms with Crippen molar-refractivity contribution in [3.05, 3.63) is 59.1 Å². The molecular formula is C20H26ClN4O2S+. The predicted octanol–water partition coefficient (Wildman–Crippen LogP) is 1.77. The fraction of sp³-hybridized carbons (Fsp3) is 0.350. The lowest BCUT2D eigenvalue weighted by Crippen LogP contribution is -3.05. The van der Waals surface area contributed by atoms with Crippen LogP contribution in [0, 0.1) is 0 Å². The molecule has 0 aromatic heterocycles. The van der Waals surface area contributed by atoms with Crippen LogP contribution in [0.15, 0.2) is 58.5 Å². The number of quaternary nitrogens is 1. The van der Waals surface area contributed by atoms with E-state index in [0.717, 1.165) is 42.9 Å². The second kappa shape index (κ2) is 9.05. The molecule has 6 nitrogen and oxygen atoms in total. The molecule has 1 aliphatic rings. The summed E-state index contributed by atoms with van der Waals surface area (Å²) in [5.41, 5.74) is 2.92. The van der Waals surface area contributed by atoms with Crippen LogP contribution in [0.1, 0.15) is 18.4 Å². The van der Waals surface area contributed by atoms with Crippen LogP contribution in [-0.2, 0) is 10.0 Å². The van der Waals surface area contributed by atoms with Gasteiger partial charge in [0.15, 0.2) is 0 Å². The Bertz CT molecular complexity index is 926. The Morgan fingerprint density at radius 1 is 1.11 bits per heavy atom. The predicted molar refractivity (Wildman–Crippen MR) is 114 cm³/mol. The lowest BCUT2D eigenvalue weighted by Gasteiger charge is -2.14. The Hall–Kier alpha value is -1.93. The summed E-state index contributed by atoms with van der Waals surface area (Å²) in [7, 11) is 0.614. The van der Waals surface area contributed by atoms with Crippen molar-refractivity contribution in [2.75, 3.05) is 38.7 Å². The van der Waals surface area contributed by atoms with Crippen molar-refractivity contribution in [2.45, 2.75) is 17.7 Å². The molecule has 28 heavy (non-hydrogen) atoms. The number of rotatable bonds is 8. The number of halogens is 1. The Morgan fingerprint density at radius 2 is 1.79 bits per heavy atom. The van der Waals surface area contributed by atoms with Gasteiger partial charge in [0.2, 0.25) is 10.0 Å². The molecule has 0 saturated carbocycles. The van der Waals surface area contributed by atoms with Crippen molar-refractivity contribution in [3.8, 4) is 0 Å². The third-order valence-electron chi connectivity index (χ3n) is 4.57. The number of hydrogen-bond donors (Lipinski definition) is 2. The molecule has 2 N–H and O–H groups in total. The Kier molecular flexibility index (Phi) is 6.72. The van der Waals surface area contributed by atoms with Gasteiger partial charge in [0.1, 0.15) is 0 Å². The van der Waals surface area contributed by atoms with E-state index >= 15 is 0 Å². The SMILES string of the molecule is C[NH+](C)CCCNS(=O)(=O)c1ccc(N2CCC(c3ccc(Cl)cc3)=N2)cc1. The number of anilines is 1. The van der Waals surface area contributed by atoms with Crippen LogP contribution in [0.3, 0.4) is 0 Å². The standard InChI is InChI=1S/C20H25ClN4O2S/c1-24(2)14-3-13-22-28(26,27)19-10-8-18(9-11-19)25-15-12-20(23-25)16-4-6-17(21)7-5-16/h4-11,22H,3,12-15H2,1-2H3/p+1. The number of hydrazone groups is 1. The monoisotopic (exact) mass is 421 g/mol. The highest BCUT2D eigenvalue weighted by Crippen LogP contribution is 2.24. The van der Waals surface area contributed by atoms with Crippen molar-refractivity contribution < 1.29 is 13.3 Å². The number of nitrogens with one attached hydrogen (secondary N) is 2. The minimum absolute atomic E-state index is 0.273. The van der Waals surface area contributed by atoms with Crippen LogP contribution in [0.25, 0.3) is 0 Å². The first-order valence-corrected chi connectivity index (χ1v) is 11.2. The van der Waals surface area contributed by atoms with Crippen molar-refractivity contribution in [1.29, 1.82) is 0 Å². The van der Waals surface area contributed by atoms with Crippen LogP contribution in [0.4, 0.5) is 5.69 Å². The lowest BCUT2D eigenvalue weighted by atomic mass is 10.1. The molecule has 0 unspecified atom stereocenters. The number of benzene rings is 2. The molecule has 0 saturated heterocycles. The highest BCUT2D eigenvalue weighted by atomic mass is 35.5. The zero-order valence-electron chi connectivity index (χ0n) is 16.2. The molecule has 1 aliphatic heterocycles. The van der Waals surface area contributed by atoms with Crippen LogP contribution in [-0.4, -0.2) is 47.9 Å². The molecule has 0 fully saturated rings. The smallest absolute Gasteiger partial charge is 0.240 e. The molecule has 2 aromatic rings. The molecule has 0 aliphatic carbocycles. The van der Waals surface area contributed by atoms with Gasteiger partial charge in [-0.3, -0.25) is 5.01 Å². The zero-order valence-corrected chi connectivity index (χ0v) is 17.7. The Balaban J connectivity index is 1.65. The molecule has 0 atom stereocenters. The summed E-state index contributed by atoms with van der Waals surface area (Å²) in [6.45, 7) is 2.12. The van der Waals surface area contributed by atoms with E-state index in [0.29, 0.717) is 11.6 Å². The van der Waals surface area contributed by atoms with E-state index in [1.807, 2.05) is 43.4 Å². The van der Waals surface area contributed by atoms with E-state index < -0.39 is 10.0 Å². The van der Waals surface area contributed by atoms with Crippen LogP contribution in [0.5, 0.6) is 0 Å². The van der Waals surface area contributed by atoms with Gasteiger partial charge in [-0.25, -0.2) is 13.1 Å². The van der Waals surface area contributed by atoms with E-state index in [4.69, 9.17) is 11.6 Å². The topological polar surface area (TPSA) is 66.2 Å². The third kappa shape index (κ3) is 5.32. The summed E-state index contributed by atoms with van der Waals surface area (Å²) in [5.74, 6) is 0. The van der Waals surface area contributed by atoms with Gasteiger partial charge in [-0.1, -0.05) is 23.7 Å². The average Bonchev–Trinajstić information content (AvgIpc) is 3.16. The summed E-state index contributed by atoms with van der Waals surface area (Å²) in [5, 5.41) is 7.26. The van der Waals surface area contributed by atoms with Crippen LogP contribution < -0.4 is 14.6 Å². The lowest BCUT2D eigenvalue weighted by molar-refractivity contribution is -0.858. The van der Waals surface area contributed by atoms with Gasteiger partial charge < -0.3 is 4.90 Å². The summed E-state index contributed by atoms with van der Waals surface area (Å²) in [4.78, 5) is 1.57. The van der Waals surface area contributed by atoms with Crippen LogP contribution >= 0.6 is 11.6 Å². The number of nitrogens with zero attached hydrogens (tertiary/aromatic N) is 2. The van der Waals surface area contributed by atoms with Gasteiger partial charge in [-0.2, -0.15) is 5.10 Å². The zero-order chi connectivity index (χ0) is 20.1. The Morgan fingerprint density at radius 3 is 2.43 bits per heavy atom. The van der Waals surface area contributed by atoms with Crippen molar-refractivity contribution in [1.82, 2.24) is 4.72 Å². The third-order valence-corrected chi connectivity index (χ3v) is 6.30. The molecular weight excluding hydrogens is 396 g/mol. The minimum atomic E-state index is -3.48. The number of hydrogen-bond acceptors (Lipinski definition) is 4. The normalized spacial score (nSPS) is 14.6. The van der Waals surface area contributed by atoms with Crippen LogP contribution in [0.2, 0.25) is 5.02 Å². The quantitative estimate of drug-likeness (QED) is 0.638. The molecule has 2 aromatic carbocycles. The second-order valence-corrected chi connectivity index (χ2v) is 9.33. The summed E-state index contributed by atoms with van der Waals surface area (Å²) in [6, 6.07) is 14.5. The molecule has 150 valence electrons. The first-order chi connectivity index (χ1) is 13.3. The second-order valence-electron chi connectivity index (χ2n) is 7.13. The van der Waals surface area contributed by atoms with E-state index in [1.54, 1.807) is 24.3 Å². The molecule has 3 rings (SSSR count). The van der Waals surface area contributed by atoms with E-state index in [1.165, 1.54) is 4.90 Å². The molecule has 8 heteroatoms. The first-order valence-electron chi connectivity index (χ1n) is 9.35. The minimum Gasteiger partial charge on any atom is -0.340 e. The maximum atomic E-state index is 12.4. The van der Waals surface area contributed by atoms with Gasteiger partial charge in [0.25, 0.3) is 0 Å².